The minimum atomic E-state index is -0.0601. The van der Waals surface area contributed by atoms with Crippen molar-refractivity contribution in [1.82, 2.24) is 0 Å². The zero-order valence-corrected chi connectivity index (χ0v) is 16.9. The van der Waals surface area contributed by atoms with E-state index in [1.807, 2.05) is 66.7 Å². The largest absolute Gasteiger partial charge is 0.397 e. The molecule has 154 valence electrons. The second-order valence-electron chi connectivity index (χ2n) is 7.19. The van der Waals surface area contributed by atoms with Crippen molar-refractivity contribution in [2.45, 2.75) is 32.1 Å². The molecule has 3 rings (SSSR count). The molecule has 0 saturated carbocycles. The van der Waals surface area contributed by atoms with Gasteiger partial charge in [0.05, 0.1) is 11.4 Å². The van der Waals surface area contributed by atoms with Gasteiger partial charge in [-0.2, -0.15) is 0 Å². The van der Waals surface area contributed by atoms with Gasteiger partial charge < -0.3 is 16.4 Å². The van der Waals surface area contributed by atoms with Crippen LogP contribution in [0.25, 0.3) is 11.1 Å². The Balaban J connectivity index is 1.36. The van der Waals surface area contributed by atoms with Crippen molar-refractivity contribution in [2.24, 2.45) is 0 Å². The molecule has 4 N–H and O–H groups in total. The van der Waals surface area contributed by atoms with Crippen LogP contribution in [0, 0.1) is 0 Å². The average Bonchev–Trinajstić information content (AvgIpc) is 2.76. The van der Waals surface area contributed by atoms with Gasteiger partial charge in [-0.15, -0.1) is 0 Å². The van der Waals surface area contributed by atoms with Gasteiger partial charge in [0.25, 0.3) is 0 Å². The van der Waals surface area contributed by atoms with Crippen molar-refractivity contribution in [3.63, 3.8) is 0 Å². The number of nitrogen functional groups attached to an aromatic ring is 1. The van der Waals surface area contributed by atoms with Crippen LogP contribution in [0.15, 0.2) is 78.9 Å². The summed E-state index contributed by atoms with van der Waals surface area (Å²) in [6.45, 7) is 0. The molecule has 5 nitrogen and oxygen atoms in total. The molecule has 0 aromatic heterocycles. The lowest BCUT2D eigenvalue weighted by Gasteiger charge is -2.09. The summed E-state index contributed by atoms with van der Waals surface area (Å²) in [7, 11) is 0. The van der Waals surface area contributed by atoms with Crippen LogP contribution in [-0.4, -0.2) is 11.8 Å². The van der Waals surface area contributed by atoms with Gasteiger partial charge in [-0.05, 0) is 48.2 Å². The Kier molecular flexibility index (Phi) is 7.61. The normalized spacial score (nSPS) is 10.4. The third-order valence-corrected chi connectivity index (χ3v) is 4.80. The highest BCUT2D eigenvalue weighted by atomic mass is 16.2. The molecule has 3 aromatic carbocycles. The molecule has 0 aliphatic heterocycles. The number of hydrogen-bond acceptors (Lipinski definition) is 3. The van der Waals surface area contributed by atoms with Crippen molar-refractivity contribution in [2.75, 3.05) is 16.4 Å². The number of carbonyl (C=O) groups excluding carboxylic acids is 2. The Labute approximate surface area is 177 Å². The minimum Gasteiger partial charge on any atom is -0.397 e. The van der Waals surface area contributed by atoms with Crippen LogP contribution >= 0.6 is 0 Å². The number of nitrogens with one attached hydrogen (secondary N) is 2. The summed E-state index contributed by atoms with van der Waals surface area (Å²) in [5, 5.41) is 5.78. The zero-order valence-electron chi connectivity index (χ0n) is 16.9. The third-order valence-electron chi connectivity index (χ3n) is 4.80. The van der Waals surface area contributed by atoms with Crippen LogP contribution < -0.4 is 16.4 Å². The molecule has 0 aliphatic carbocycles. The first kappa shape index (κ1) is 21.1. The van der Waals surface area contributed by atoms with Gasteiger partial charge in [-0.25, -0.2) is 0 Å². The van der Waals surface area contributed by atoms with Crippen molar-refractivity contribution in [3.05, 3.63) is 78.9 Å². The molecule has 0 unspecified atom stereocenters. The Bertz CT molecular complexity index is 986. The van der Waals surface area contributed by atoms with Gasteiger partial charge in [0, 0.05) is 18.5 Å². The van der Waals surface area contributed by atoms with Gasteiger partial charge >= 0.3 is 0 Å². The molecular formula is C25H27N3O2. The van der Waals surface area contributed by atoms with E-state index in [-0.39, 0.29) is 11.8 Å². The molecule has 3 aromatic rings. The number of amides is 2. The second kappa shape index (κ2) is 10.8. The van der Waals surface area contributed by atoms with E-state index in [0.717, 1.165) is 36.1 Å². The van der Waals surface area contributed by atoms with Crippen molar-refractivity contribution in [1.29, 1.82) is 0 Å². The summed E-state index contributed by atoms with van der Waals surface area (Å²) >= 11 is 0. The lowest BCUT2D eigenvalue weighted by atomic mass is 10.1. The topological polar surface area (TPSA) is 84.2 Å². The van der Waals surface area contributed by atoms with E-state index in [2.05, 4.69) is 10.6 Å². The first-order valence-electron chi connectivity index (χ1n) is 10.2. The summed E-state index contributed by atoms with van der Waals surface area (Å²) in [6, 6.07) is 25.1. The van der Waals surface area contributed by atoms with E-state index in [1.54, 1.807) is 12.1 Å². The first-order valence-corrected chi connectivity index (χ1v) is 10.2. The highest BCUT2D eigenvalue weighted by molar-refractivity contribution is 5.93. The predicted octanol–water partition coefficient (Wildman–Crippen LogP) is 5.46. The van der Waals surface area contributed by atoms with Crippen LogP contribution in [-0.2, 0) is 9.59 Å². The maximum atomic E-state index is 12.2. The molecule has 0 aliphatic rings. The third kappa shape index (κ3) is 6.48. The number of unbranched alkanes of at least 4 members (excludes halogenated alkanes) is 2. The zero-order chi connectivity index (χ0) is 21.2. The van der Waals surface area contributed by atoms with Crippen LogP contribution in [0.3, 0.4) is 0 Å². The van der Waals surface area contributed by atoms with Crippen molar-refractivity contribution >= 4 is 28.9 Å². The van der Waals surface area contributed by atoms with Crippen molar-refractivity contribution < 1.29 is 9.59 Å². The number of anilines is 3. The monoisotopic (exact) mass is 401 g/mol. The molecule has 0 saturated heterocycles. The average molecular weight is 402 g/mol. The predicted molar refractivity (Wildman–Crippen MR) is 123 cm³/mol. The van der Waals surface area contributed by atoms with Crippen LogP contribution in [0.1, 0.15) is 32.1 Å². The molecular weight excluding hydrogens is 374 g/mol. The number of hydrogen-bond donors (Lipinski definition) is 3. The summed E-state index contributed by atoms with van der Waals surface area (Å²) in [6.07, 6.45) is 3.13. The number of benzene rings is 3. The molecule has 0 fully saturated rings. The van der Waals surface area contributed by atoms with E-state index in [1.165, 1.54) is 0 Å². The van der Waals surface area contributed by atoms with Crippen LogP contribution in [0.2, 0.25) is 0 Å². The Morgan fingerprint density at radius 2 is 1.30 bits per heavy atom. The molecule has 0 heterocycles. The van der Waals surface area contributed by atoms with E-state index in [4.69, 9.17) is 5.73 Å². The number of rotatable bonds is 9. The van der Waals surface area contributed by atoms with E-state index in [0.29, 0.717) is 24.2 Å². The molecule has 2 amide bonds. The highest BCUT2D eigenvalue weighted by Crippen LogP contribution is 2.22. The SMILES string of the molecule is Nc1ccccc1NC(=O)CCCCCC(=O)Nc1cccc(-c2ccccc2)c1. The Hall–Kier alpha value is -3.60. The fourth-order valence-corrected chi connectivity index (χ4v) is 3.20. The minimum absolute atomic E-state index is 0.0123. The standard InChI is InChI=1S/C25H27N3O2/c26-22-14-7-8-15-23(22)28-25(30)17-6-2-5-16-24(29)27-21-13-9-12-20(18-21)19-10-3-1-4-11-19/h1,3-4,7-15,18H,2,5-6,16-17,26H2,(H,27,29)(H,28,30). The van der Waals surface area contributed by atoms with Gasteiger partial charge in [0.15, 0.2) is 0 Å². The lowest BCUT2D eigenvalue weighted by molar-refractivity contribution is -0.116. The molecule has 0 atom stereocenters. The lowest BCUT2D eigenvalue weighted by Crippen LogP contribution is -2.13. The Morgan fingerprint density at radius 1 is 0.667 bits per heavy atom. The molecule has 30 heavy (non-hydrogen) atoms. The summed E-state index contributed by atoms with van der Waals surface area (Å²) in [5.74, 6) is -0.0724. The van der Waals surface area contributed by atoms with Gasteiger partial charge in [-0.3, -0.25) is 9.59 Å². The Morgan fingerprint density at radius 3 is 2.03 bits per heavy atom. The maximum absolute atomic E-state index is 12.2. The van der Waals surface area contributed by atoms with Gasteiger partial charge in [0.2, 0.25) is 11.8 Å². The van der Waals surface area contributed by atoms with Gasteiger partial charge in [0.1, 0.15) is 0 Å². The number of nitrogens with two attached hydrogens (primary N) is 1. The molecule has 0 spiro atoms. The fourth-order valence-electron chi connectivity index (χ4n) is 3.20. The van der Waals surface area contributed by atoms with E-state index in [9.17, 15) is 9.59 Å². The van der Waals surface area contributed by atoms with Crippen LogP contribution in [0.4, 0.5) is 17.1 Å². The summed E-state index contributed by atoms with van der Waals surface area (Å²) in [5.41, 5.74) is 9.99. The quantitative estimate of drug-likeness (QED) is 0.329. The van der Waals surface area contributed by atoms with Crippen LogP contribution in [0.5, 0.6) is 0 Å². The fraction of sp³-hybridized carbons (Fsp3) is 0.200. The van der Waals surface area contributed by atoms with Gasteiger partial charge in [-0.1, -0.05) is 61.0 Å². The first-order chi connectivity index (χ1) is 14.6. The number of carbonyl (C=O) groups is 2. The number of para-hydroxylation sites is 2. The maximum Gasteiger partial charge on any atom is 0.224 e. The second-order valence-corrected chi connectivity index (χ2v) is 7.19. The molecule has 5 heteroatoms. The smallest absolute Gasteiger partial charge is 0.224 e. The van der Waals surface area contributed by atoms with E-state index < -0.39 is 0 Å². The summed E-state index contributed by atoms with van der Waals surface area (Å²) < 4.78 is 0. The highest BCUT2D eigenvalue weighted by Gasteiger charge is 2.07. The molecule has 0 bridgehead atoms. The van der Waals surface area contributed by atoms with Crippen molar-refractivity contribution in [3.8, 4) is 11.1 Å². The van der Waals surface area contributed by atoms with E-state index >= 15 is 0 Å². The molecule has 0 radical (unpaired) electrons. The summed E-state index contributed by atoms with van der Waals surface area (Å²) in [4.78, 5) is 24.2.